The quantitative estimate of drug-likeness (QED) is 0.848. The predicted molar refractivity (Wildman–Crippen MR) is 97.2 cm³/mol. The van der Waals surface area contributed by atoms with Gasteiger partial charge in [-0.2, -0.15) is 8.78 Å². The third-order valence-corrected chi connectivity index (χ3v) is 4.17. The van der Waals surface area contributed by atoms with Crippen molar-refractivity contribution in [1.29, 1.82) is 0 Å². The van der Waals surface area contributed by atoms with E-state index in [1.54, 1.807) is 12.1 Å². The lowest BCUT2D eigenvalue weighted by Gasteiger charge is -2.25. The maximum absolute atomic E-state index is 12.2. The lowest BCUT2D eigenvalue weighted by molar-refractivity contribution is -0.117. The Labute approximate surface area is 151 Å². The molecule has 0 radical (unpaired) electrons. The summed E-state index contributed by atoms with van der Waals surface area (Å²) in [5.41, 5.74) is 3.08. The van der Waals surface area contributed by atoms with Gasteiger partial charge >= 0.3 is 6.61 Å². The molecular formula is C20H20F2N2O2. The van der Waals surface area contributed by atoms with Gasteiger partial charge in [0.1, 0.15) is 5.75 Å². The Balaban J connectivity index is 1.49. The highest BCUT2D eigenvalue weighted by atomic mass is 19.3. The van der Waals surface area contributed by atoms with Gasteiger partial charge in [-0.05, 0) is 41.8 Å². The van der Waals surface area contributed by atoms with Crippen LogP contribution in [0.4, 0.5) is 14.5 Å². The van der Waals surface area contributed by atoms with Crippen LogP contribution >= 0.6 is 0 Å². The summed E-state index contributed by atoms with van der Waals surface area (Å²) in [6.07, 6.45) is 3.06. The summed E-state index contributed by atoms with van der Waals surface area (Å²) in [7, 11) is 0. The summed E-state index contributed by atoms with van der Waals surface area (Å²) in [4.78, 5) is 14.2. The van der Waals surface area contributed by atoms with Crippen LogP contribution in [0.5, 0.6) is 5.75 Å². The van der Waals surface area contributed by atoms with Crippen molar-refractivity contribution in [3.8, 4) is 5.75 Å². The first kappa shape index (κ1) is 18.1. The lowest BCUT2D eigenvalue weighted by atomic mass is 10.00. The maximum atomic E-state index is 12.2. The van der Waals surface area contributed by atoms with E-state index in [-0.39, 0.29) is 18.2 Å². The molecule has 0 spiro atoms. The van der Waals surface area contributed by atoms with Gasteiger partial charge < -0.3 is 10.1 Å². The van der Waals surface area contributed by atoms with Crippen LogP contribution in [0.2, 0.25) is 0 Å². The van der Waals surface area contributed by atoms with Gasteiger partial charge in [-0.25, -0.2) is 0 Å². The van der Waals surface area contributed by atoms with Gasteiger partial charge in [0.15, 0.2) is 0 Å². The van der Waals surface area contributed by atoms with Crippen molar-refractivity contribution in [3.05, 3.63) is 66.2 Å². The topological polar surface area (TPSA) is 41.6 Å². The molecule has 1 heterocycles. The third-order valence-electron chi connectivity index (χ3n) is 4.17. The molecule has 136 valence electrons. The molecule has 0 fully saturated rings. The first-order valence-corrected chi connectivity index (χ1v) is 8.42. The zero-order valence-electron chi connectivity index (χ0n) is 14.2. The lowest BCUT2D eigenvalue weighted by Crippen LogP contribution is -2.36. The Kier molecular flexibility index (Phi) is 5.96. The van der Waals surface area contributed by atoms with Crippen molar-refractivity contribution in [1.82, 2.24) is 4.90 Å². The van der Waals surface area contributed by atoms with Crippen molar-refractivity contribution in [2.75, 3.05) is 25.0 Å². The maximum Gasteiger partial charge on any atom is 0.387 e. The SMILES string of the molecule is O=C(CN1CC=C(c2ccccc2)CC1)Nc1ccc(OC(F)F)cc1. The van der Waals surface area contributed by atoms with E-state index in [1.165, 1.54) is 23.3 Å². The minimum atomic E-state index is -2.86. The molecule has 26 heavy (non-hydrogen) atoms. The van der Waals surface area contributed by atoms with Gasteiger partial charge in [-0.15, -0.1) is 0 Å². The van der Waals surface area contributed by atoms with Crippen LogP contribution in [-0.4, -0.2) is 37.1 Å². The summed E-state index contributed by atoms with van der Waals surface area (Å²) < 4.78 is 28.5. The zero-order chi connectivity index (χ0) is 18.4. The summed E-state index contributed by atoms with van der Waals surface area (Å²) >= 11 is 0. The number of amides is 1. The number of hydrogen-bond acceptors (Lipinski definition) is 3. The molecule has 1 N–H and O–H groups in total. The monoisotopic (exact) mass is 358 g/mol. The highest BCUT2D eigenvalue weighted by molar-refractivity contribution is 5.92. The van der Waals surface area contributed by atoms with Crippen molar-refractivity contribution in [2.24, 2.45) is 0 Å². The van der Waals surface area contributed by atoms with E-state index in [2.05, 4.69) is 33.2 Å². The Morgan fingerprint density at radius 2 is 1.85 bits per heavy atom. The molecule has 2 aromatic carbocycles. The molecule has 0 bridgehead atoms. The summed E-state index contributed by atoms with van der Waals surface area (Å²) in [5, 5.41) is 2.77. The first-order valence-electron chi connectivity index (χ1n) is 8.42. The summed E-state index contributed by atoms with van der Waals surface area (Å²) in [6, 6.07) is 16.1. The predicted octanol–water partition coefficient (Wildman–Crippen LogP) is 4.02. The van der Waals surface area contributed by atoms with Crippen LogP contribution in [0.15, 0.2) is 60.7 Å². The fourth-order valence-electron chi connectivity index (χ4n) is 2.89. The highest BCUT2D eigenvalue weighted by Gasteiger charge is 2.15. The number of hydrogen-bond donors (Lipinski definition) is 1. The molecule has 1 aliphatic rings. The van der Waals surface area contributed by atoms with E-state index < -0.39 is 6.61 Å². The normalized spacial score (nSPS) is 14.8. The summed E-state index contributed by atoms with van der Waals surface area (Å²) in [5.74, 6) is -0.0725. The number of benzene rings is 2. The number of carbonyl (C=O) groups excluding carboxylic acids is 1. The number of nitrogens with zero attached hydrogens (tertiary/aromatic N) is 1. The fourth-order valence-corrected chi connectivity index (χ4v) is 2.89. The van der Waals surface area contributed by atoms with Crippen LogP contribution in [0.25, 0.3) is 5.57 Å². The minimum absolute atomic E-state index is 0.0626. The fraction of sp³-hybridized carbons (Fsp3) is 0.250. The molecule has 4 nitrogen and oxygen atoms in total. The van der Waals surface area contributed by atoms with Crippen LogP contribution in [0.3, 0.4) is 0 Å². The second-order valence-corrected chi connectivity index (χ2v) is 6.03. The zero-order valence-corrected chi connectivity index (χ0v) is 14.2. The third kappa shape index (κ3) is 5.13. The van der Waals surface area contributed by atoms with Gasteiger partial charge in [0.05, 0.1) is 6.54 Å². The van der Waals surface area contributed by atoms with Gasteiger partial charge in [0.25, 0.3) is 0 Å². The van der Waals surface area contributed by atoms with E-state index in [9.17, 15) is 13.6 Å². The van der Waals surface area contributed by atoms with Crippen LogP contribution in [0.1, 0.15) is 12.0 Å². The summed E-state index contributed by atoms with van der Waals surface area (Å²) in [6.45, 7) is -1.04. The number of ether oxygens (including phenoxy) is 1. The molecule has 0 saturated carbocycles. The first-order chi connectivity index (χ1) is 12.6. The average molecular weight is 358 g/mol. The van der Waals surface area contributed by atoms with Crippen LogP contribution in [0, 0.1) is 0 Å². The molecule has 0 aliphatic carbocycles. The van der Waals surface area contributed by atoms with Crippen molar-refractivity contribution in [3.63, 3.8) is 0 Å². The van der Waals surface area contributed by atoms with Crippen LogP contribution in [-0.2, 0) is 4.79 Å². The number of halogens is 2. The molecule has 6 heteroatoms. The Morgan fingerprint density at radius 1 is 1.12 bits per heavy atom. The number of anilines is 1. The van der Waals surface area contributed by atoms with Gasteiger partial charge in [0.2, 0.25) is 5.91 Å². The van der Waals surface area contributed by atoms with Crippen molar-refractivity contribution >= 4 is 17.2 Å². The van der Waals surface area contributed by atoms with Crippen molar-refractivity contribution < 1.29 is 18.3 Å². The Bertz CT molecular complexity index is 761. The molecule has 0 atom stereocenters. The second kappa shape index (κ2) is 8.58. The van der Waals surface area contributed by atoms with Crippen LogP contribution < -0.4 is 10.1 Å². The highest BCUT2D eigenvalue weighted by Crippen LogP contribution is 2.22. The molecule has 2 aromatic rings. The number of nitrogens with one attached hydrogen (secondary N) is 1. The smallest absolute Gasteiger partial charge is 0.387 e. The largest absolute Gasteiger partial charge is 0.435 e. The number of carbonyl (C=O) groups is 1. The van der Waals surface area contributed by atoms with E-state index in [0.29, 0.717) is 5.69 Å². The Hall–Kier alpha value is -2.73. The van der Waals surface area contributed by atoms with Gasteiger partial charge in [0, 0.05) is 18.8 Å². The molecule has 0 saturated heterocycles. The average Bonchev–Trinajstić information content (AvgIpc) is 2.64. The van der Waals surface area contributed by atoms with E-state index in [4.69, 9.17) is 0 Å². The molecular weight excluding hydrogens is 338 g/mol. The second-order valence-electron chi connectivity index (χ2n) is 6.03. The molecule has 3 rings (SSSR count). The molecule has 0 aromatic heterocycles. The van der Waals surface area contributed by atoms with E-state index in [1.807, 2.05) is 18.2 Å². The van der Waals surface area contributed by atoms with Gasteiger partial charge in [-0.3, -0.25) is 9.69 Å². The molecule has 1 aliphatic heterocycles. The van der Waals surface area contributed by atoms with Crippen molar-refractivity contribution in [2.45, 2.75) is 13.0 Å². The standard InChI is InChI=1S/C20H20F2N2O2/c21-20(22)26-18-8-6-17(7-9-18)23-19(25)14-24-12-10-16(11-13-24)15-4-2-1-3-5-15/h1-10,20H,11-14H2,(H,23,25). The molecule has 0 unspecified atom stereocenters. The minimum Gasteiger partial charge on any atom is -0.435 e. The van der Waals surface area contributed by atoms with Gasteiger partial charge in [-0.1, -0.05) is 36.4 Å². The molecule has 1 amide bonds. The Morgan fingerprint density at radius 3 is 2.46 bits per heavy atom. The van der Waals surface area contributed by atoms with E-state index >= 15 is 0 Å². The number of alkyl halides is 2. The number of rotatable bonds is 6. The van der Waals surface area contributed by atoms with E-state index in [0.717, 1.165) is 19.5 Å².